The van der Waals surface area contributed by atoms with Crippen LogP contribution in [-0.4, -0.2) is 34.6 Å². The zero-order valence-corrected chi connectivity index (χ0v) is 14.3. The number of carbonyl (C=O) groups is 1. The van der Waals surface area contributed by atoms with E-state index in [0.717, 1.165) is 38.3 Å². The van der Waals surface area contributed by atoms with Crippen LogP contribution in [0.4, 0.5) is 5.82 Å². The fraction of sp³-hybridized carbons (Fsp3) is 0.722. The summed E-state index contributed by atoms with van der Waals surface area (Å²) in [6, 6.07) is 0.242. The molecule has 1 aromatic heterocycles. The lowest BCUT2D eigenvalue weighted by atomic mass is 10.0. The molecule has 0 bridgehead atoms. The second kappa shape index (κ2) is 6.22. The number of anilines is 1. The van der Waals surface area contributed by atoms with E-state index in [1.54, 1.807) is 17.0 Å². The molecule has 1 N–H and O–H groups in total. The second-order valence-electron chi connectivity index (χ2n) is 7.46. The summed E-state index contributed by atoms with van der Waals surface area (Å²) in [5.74, 6) is 2.60. The van der Waals surface area contributed by atoms with Gasteiger partial charge in [-0.3, -0.25) is 9.59 Å². The molecule has 1 saturated heterocycles. The summed E-state index contributed by atoms with van der Waals surface area (Å²) in [4.78, 5) is 31.0. The fourth-order valence-corrected chi connectivity index (χ4v) is 4.01. The third kappa shape index (κ3) is 3.06. The predicted molar refractivity (Wildman–Crippen MR) is 91.9 cm³/mol. The number of aromatic nitrogens is 2. The Hall–Kier alpha value is -1.85. The Bertz CT molecular complexity index is 674. The van der Waals surface area contributed by atoms with Gasteiger partial charge in [0.15, 0.2) is 5.82 Å². The lowest BCUT2D eigenvalue weighted by Crippen LogP contribution is -2.47. The Balaban J connectivity index is 1.30. The molecule has 1 aromatic rings. The van der Waals surface area contributed by atoms with E-state index < -0.39 is 0 Å². The van der Waals surface area contributed by atoms with Gasteiger partial charge in [0.25, 0.3) is 5.56 Å². The lowest BCUT2D eigenvalue weighted by Gasteiger charge is -2.32. The summed E-state index contributed by atoms with van der Waals surface area (Å²) in [6.07, 6.45) is 8.94. The summed E-state index contributed by atoms with van der Waals surface area (Å²) in [5, 5.41) is 3.23. The van der Waals surface area contributed by atoms with Crippen molar-refractivity contribution < 1.29 is 4.79 Å². The van der Waals surface area contributed by atoms with E-state index in [4.69, 9.17) is 0 Å². The highest BCUT2D eigenvalue weighted by Gasteiger charge is 2.51. The number of nitrogens with one attached hydrogen (secondary N) is 1. The van der Waals surface area contributed by atoms with Gasteiger partial charge in [-0.05, 0) is 50.9 Å². The van der Waals surface area contributed by atoms with Crippen molar-refractivity contribution in [2.75, 3.05) is 18.0 Å². The lowest BCUT2D eigenvalue weighted by molar-refractivity contribution is -0.123. The Kier molecular flexibility index (Phi) is 4.06. The van der Waals surface area contributed by atoms with Crippen molar-refractivity contribution in [2.45, 2.75) is 51.6 Å². The summed E-state index contributed by atoms with van der Waals surface area (Å²) >= 11 is 0. The summed E-state index contributed by atoms with van der Waals surface area (Å²) in [7, 11) is 0. The predicted octanol–water partition coefficient (Wildman–Crippen LogP) is 1.39. The summed E-state index contributed by atoms with van der Waals surface area (Å²) in [5.41, 5.74) is -0.0206. The third-order valence-electron chi connectivity index (χ3n) is 5.78. The number of rotatable bonds is 5. The average Bonchev–Trinajstić information content (AvgIpc) is 3.48. The number of amides is 1. The van der Waals surface area contributed by atoms with Gasteiger partial charge in [0.05, 0.1) is 0 Å². The molecule has 0 spiro atoms. The van der Waals surface area contributed by atoms with Crippen molar-refractivity contribution in [3.05, 3.63) is 22.7 Å². The molecular weight excluding hydrogens is 304 g/mol. The molecule has 2 heterocycles. The fourth-order valence-electron chi connectivity index (χ4n) is 4.01. The molecule has 6 heteroatoms. The van der Waals surface area contributed by atoms with Crippen LogP contribution in [0.3, 0.4) is 0 Å². The number of carbonyl (C=O) groups excluding carboxylic acids is 1. The largest absolute Gasteiger partial charge is 0.353 e. The van der Waals surface area contributed by atoms with Crippen LogP contribution in [-0.2, 0) is 11.3 Å². The van der Waals surface area contributed by atoms with Crippen LogP contribution in [0, 0.1) is 17.8 Å². The maximum atomic E-state index is 12.4. The first-order chi connectivity index (χ1) is 11.7. The average molecular weight is 330 g/mol. The van der Waals surface area contributed by atoms with Gasteiger partial charge < -0.3 is 14.8 Å². The maximum absolute atomic E-state index is 12.4. The van der Waals surface area contributed by atoms with E-state index in [1.165, 1.54) is 12.8 Å². The van der Waals surface area contributed by atoms with Crippen LogP contribution in [0.15, 0.2) is 17.2 Å². The number of aryl methyl sites for hydroxylation is 1. The van der Waals surface area contributed by atoms with Crippen LogP contribution in [0.5, 0.6) is 0 Å². The van der Waals surface area contributed by atoms with Crippen LogP contribution in [0.1, 0.15) is 39.0 Å². The van der Waals surface area contributed by atoms with Gasteiger partial charge in [0.1, 0.15) is 0 Å². The molecule has 4 rings (SSSR count). The van der Waals surface area contributed by atoms with Crippen molar-refractivity contribution in [2.24, 2.45) is 17.8 Å². The highest BCUT2D eigenvalue weighted by molar-refractivity contribution is 5.82. The van der Waals surface area contributed by atoms with Crippen molar-refractivity contribution in [3.8, 4) is 0 Å². The number of piperidine rings is 1. The minimum atomic E-state index is -0.0206. The molecule has 2 saturated carbocycles. The molecule has 2 aliphatic carbocycles. The van der Waals surface area contributed by atoms with Crippen molar-refractivity contribution in [1.82, 2.24) is 14.9 Å². The minimum Gasteiger partial charge on any atom is -0.353 e. The molecule has 0 unspecified atom stereocenters. The Morgan fingerprint density at radius 1 is 1.29 bits per heavy atom. The number of hydrogen-bond donors (Lipinski definition) is 1. The van der Waals surface area contributed by atoms with Crippen molar-refractivity contribution >= 4 is 11.7 Å². The minimum absolute atomic E-state index is 0.0206. The smallest absolute Gasteiger partial charge is 0.293 e. The van der Waals surface area contributed by atoms with Gasteiger partial charge in [-0.15, -0.1) is 0 Å². The normalized spacial score (nSPS) is 27.1. The molecule has 0 radical (unpaired) electrons. The van der Waals surface area contributed by atoms with Gasteiger partial charge in [0.2, 0.25) is 5.91 Å². The monoisotopic (exact) mass is 330 g/mol. The van der Waals surface area contributed by atoms with Crippen molar-refractivity contribution in [3.63, 3.8) is 0 Å². The van der Waals surface area contributed by atoms with Crippen molar-refractivity contribution in [1.29, 1.82) is 0 Å². The Morgan fingerprint density at radius 3 is 2.71 bits per heavy atom. The molecule has 1 aliphatic heterocycles. The van der Waals surface area contributed by atoms with E-state index >= 15 is 0 Å². The SMILES string of the molecule is CCn1ccnc(N2CCC(NC(=O)[C@@H]3C[C@H]3C3CC3)CC2)c1=O. The molecule has 130 valence electrons. The van der Waals surface area contributed by atoms with E-state index in [1.807, 2.05) is 6.92 Å². The molecule has 1 amide bonds. The summed E-state index contributed by atoms with van der Waals surface area (Å²) in [6.45, 7) is 4.17. The van der Waals surface area contributed by atoms with E-state index in [9.17, 15) is 9.59 Å². The van der Waals surface area contributed by atoms with E-state index in [0.29, 0.717) is 18.3 Å². The summed E-state index contributed by atoms with van der Waals surface area (Å²) < 4.78 is 1.68. The second-order valence-corrected chi connectivity index (χ2v) is 7.46. The Labute approximate surface area is 142 Å². The van der Waals surface area contributed by atoms with E-state index in [-0.39, 0.29) is 23.4 Å². The van der Waals surface area contributed by atoms with Crippen LogP contribution >= 0.6 is 0 Å². The first kappa shape index (κ1) is 15.7. The third-order valence-corrected chi connectivity index (χ3v) is 5.78. The van der Waals surface area contributed by atoms with Crippen LogP contribution in [0.25, 0.3) is 0 Å². The quantitative estimate of drug-likeness (QED) is 0.886. The van der Waals surface area contributed by atoms with Gasteiger partial charge in [0, 0.05) is 44.0 Å². The molecule has 6 nitrogen and oxygen atoms in total. The highest BCUT2D eigenvalue weighted by Crippen LogP contribution is 2.54. The van der Waals surface area contributed by atoms with Crippen LogP contribution in [0.2, 0.25) is 0 Å². The zero-order valence-electron chi connectivity index (χ0n) is 14.3. The molecule has 2 atom stereocenters. The molecule has 0 aromatic carbocycles. The molecule has 3 aliphatic rings. The molecular formula is C18H26N4O2. The van der Waals surface area contributed by atoms with Crippen LogP contribution < -0.4 is 15.8 Å². The highest BCUT2D eigenvalue weighted by atomic mass is 16.2. The van der Waals surface area contributed by atoms with Gasteiger partial charge >= 0.3 is 0 Å². The topological polar surface area (TPSA) is 67.2 Å². The maximum Gasteiger partial charge on any atom is 0.293 e. The van der Waals surface area contributed by atoms with Gasteiger partial charge in [-0.1, -0.05) is 0 Å². The first-order valence-electron chi connectivity index (χ1n) is 9.28. The standard InChI is InChI=1S/C18H26N4O2/c1-2-21-10-7-19-16(18(21)24)22-8-5-13(6-9-22)20-17(23)15-11-14(15)12-3-4-12/h7,10,12-15H,2-6,8-9,11H2,1H3,(H,20,23)/t14-,15+/m0/s1. The first-order valence-corrected chi connectivity index (χ1v) is 9.28. The van der Waals surface area contributed by atoms with E-state index in [2.05, 4.69) is 15.2 Å². The Morgan fingerprint density at radius 2 is 2.04 bits per heavy atom. The number of nitrogens with zero attached hydrogens (tertiary/aromatic N) is 3. The van der Waals surface area contributed by atoms with Gasteiger partial charge in [-0.2, -0.15) is 0 Å². The zero-order chi connectivity index (χ0) is 16.7. The molecule has 3 fully saturated rings. The molecule has 24 heavy (non-hydrogen) atoms. The van der Waals surface area contributed by atoms with Gasteiger partial charge in [-0.25, -0.2) is 4.98 Å². The number of hydrogen-bond acceptors (Lipinski definition) is 4.